The molecule has 0 aromatic heterocycles. The zero-order valence-electron chi connectivity index (χ0n) is 15.9. The van der Waals surface area contributed by atoms with Crippen molar-refractivity contribution < 1.29 is 14.3 Å². The Hall–Kier alpha value is -3.60. The van der Waals surface area contributed by atoms with Crippen molar-refractivity contribution in [1.29, 1.82) is 0 Å². The molecule has 0 atom stereocenters. The van der Waals surface area contributed by atoms with Crippen LogP contribution in [-0.2, 0) is 6.61 Å². The fourth-order valence-electron chi connectivity index (χ4n) is 2.88. The lowest BCUT2D eigenvalue weighted by Crippen LogP contribution is -2.25. The second-order valence-corrected chi connectivity index (χ2v) is 7.08. The van der Waals surface area contributed by atoms with Crippen molar-refractivity contribution in [1.82, 2.24) is 5.32 Å². The molecule has 0 saturated heterocycles. The van der Waals surface area contributed by atoms with Crippen molar-refractivity contribution in [3.63, 3.8) is 0 Å². The lowest BCUT2D eigenvalue weighted by Gasteiger charge is -2.09. The molecule has 2 amide bonds. The van der Waals surface area contributed by atoms with Gasteiger partial charge < -0.3 is 15.4 Å². The molecule has 146 valence electrons. The fourth-order valence-corrected chi connectivity index (χ4v) is 2.88. The highest BCUT2D eigenvalue weighted by Crippen LogP contribution is 2.20. The van der Waals surface area contributed by atoms with Gasteiger partial charge in [0.05, 0.1) is 0 Å². The maximum Gasteiger partial charge on any atom is 0.255 e. The van der Waals surface area contributed by atoms with Crippen LogP contribution in [0.15, 0.2) is 78.9 Å². The van der Waals surface area contributed by atoms with Crippen LogP contribution >= 0.6 is 0 Å². The normalized spacial score (nSPS) is 12.8. The van der Waals surface area contributed by atoms with Crippen molar-refractivity contribution in [3.05, 3.63) is 95.6 Å². The van der Waals surface area contributed by atoms with E-state index in [4.69, 9.17) is 4.74 Å². The number of carbonyl (C=O) groups is 2. The van der Waals surface area contributed by atoms with E-state index in [9.17, 15) is 9.59 Å². The Morgan fingerprint density at radius 2 is 1.52 bits per heavy atom. The number of hydrogen-bond acceptors (Lipinski definition) is 3. The van der Waals surface area contributed by atoms with E-state index in [0.717, 1.165) is 24.2 Å². The largest absolute Gasteiger partial charge is 0.489 e. The first-order valence-electron chi connectivity index (χ1n) is 9.66. The summed E-state index contributed by atoms with van der Waals surface area (Å²) in [5.41, 5.74) is 2.69. The Bertz CT molecular complexity index is 996. The van der Waals surface area contributed by atoms with Gasteiger partial charge in [0.25, 0.3) is 11.8 Å². The fraction of sp³-hybridized carbons (Fsp3) is 0.167. The molecule has 3 aromatic carbocycles. The molecule has 4 rings (SSSR count). The van der Waals surface area contributed by atoms with Gasteiger partial charge in [-0.25, -0.2) is 0 Å². The number of benzene rings is 3. The molecule has 2 N–H and O–H groups in total. The van der Waals surface area contributed by atoms with E-state index >= 15 is 0 Å². The van der Waals surface area contributed by atoms with Gasteiger partial charge in [-0.2, -0.15) is 0 Å². The minimum absolute atomic E-state index is 0.137. The molecule has 29 heavy (non-hydrogen) atoms. The van der Waals surface area contributed by atoms with E-state index in [0.29, 0.717) is 23.4 Å². The van der Waals surface area contributed by atoms with Crippen molar-refractivity contribution in [2.24, 2.45) is 0 Å². The third-order valence-electron chi connectivity index (χ3n) is 4.66. The molecule has 5 nitrogen and oxygen atoms in total. The van der Waals surface area contributed by atoms with Crippen LogP contribution < -0.4 is 15.4 Å². The number of ether oxygens (including phenoxy) is 1. The Morgan fingerprint density at radius 3 is 2.21 bits per heavy atom. The van der Waals surface area contributed by atoms with Crippen LogP contribution in [0.4, 0.5) is 5.69 Å². The number of anilines is 1. The molecule has 0 aliphatic heterocycles. The number of nitrogens with one attached hydrogen (secondary N) is 2. The first kappa shape index (κ1) is 18.7. The van der Waals surface area contributed by atoms with Crippen LogP contribution in [-0.4, -0.2) is 17.9 Å². The maximum atomic E-state index is 12.5. The second kappa shape index (κ2) is 8.61. The van der Waals surface area contributed by atoms with Crippen molar-refractivity contribution >= 4 is 17.5 Å². The van der Waals surface area contributed by atoms with Gasteiger partial charge in [0.1, 0.15) is 12.4 Å². The van der Waals surface area contributed by atoms with Crippen LogP contribution in [0.3, 0.4) is 0 Å². The van der Waals surface area contributed by atoms with Crippen LogP contribution in [0.2, 0.25) is 0 Å². The molecular formula is C24H22N2O3. The molecule has 0 spiro atoms. The van der Waals surface area contributed by atoms with Gasteiger partial charge >= 0.3 is 0 Å². The SMILES string of the molecule is O=C(Nc1ccc(OCc2ccccc2)cc1)c1cccc(C(=O)NC2CC2)c1. The van der Waals surface area contributed by atoms with Crippen LogP contribution in [0.25, 0.3) is 0 Å². The summed E-state index contributed by atoms with van der Waals surface area (Å²) in [5, 5.41) is 5.78. The zero-order chi connectivity index (χ0) is 20.1. The minimum atomic E-state index is -0.260. The molecule has 5 heteroatoms. The minimum Gasteiger partial charge on any atom is -0.489 e. The lowest BCUT2D eigenvalue weighted by atomic mass is 10.1. The molecule has 1 saturated carbocycles. The number of rotatable bonds is 7. The quantitative estimate of drug-likeness (QED) is 0.632. The standard InChI is InChI=1S/C24H22N2O3/c27-23(25-20-9-10-20)18-7-4-8-19(15-18)24(28)26-21-11-13-22(14-12-21)29-16-17-5-2-1-3-6-17/h1-8,11-15,20H,9-10,16H2,(H,25,27)(H,26,28). The summed E-state index contributed by atoms with van der Waals surface area (Å²) in [6.45, 7) is 0.488. The number of amides is 2. The monoisotopic (exact) mass is 386 g/mol. The lowest BCUT2D eigenvalue weighted by molar-refractivity contribution is 0.0951. The topological polar surface area (TPSA) is 67.4 Å². The van der Waals surface area contributed by atoms with Gasteiger partial charge in [0, 0.05) is 22.9 Å². The summed E-state index contributed by atoms with van der Waals surface area (Å²) in [7, 11) is 0. The number of hydrogen-bond donors (Lipinski definition) is 2. The highest BCUT2D eigenvalue weighted by atomic mass is 16.5. The first-order chi connectivity index (χ1) is 14.2. The molecule has 0 bridgehead atoms. The summed E-state index contributed by atoms with van der Waals surface area (Å²) in [5.74, 6) is 0.330. The highest BCUT2D eigenvalue weighted by Gasteiger charge is 2.24. The molecule has 1 aliphatic carbocycles. The van der Waals surface area contributed by atoms with E-state index in [1.807, 2.05) is 42.5 Å². The summed E-state index contributed by atoms with van der Waals surface area (Å²) < 4.78 is 5.76. The molecule has 3 aromatic rings. The van der Waals surface area contributed by atoms with E-state index in [-0.39, 0.29) is 17.9 Å². The summed E-state index contributed by atoms with van der Waals surface area (Å²) in [6.07, 6.45) is 2.05. The van der Waals surface area contributed by atoms with Crippen LogP contribution in [0, 0.1) is 0 Å². The molecule has 0 heterocycles. The van der Waals surface area contributed by atoms with E-state index in [1.54, 1.807) is 36.4 Å². The first-order valence-corrected chi connectivity index (χ1v) is 9.66. The van der Waals surface area contributed by atoms with Crippen molar-refractivity contribution in [3.8, 4) is 5.75 Å². The van der Waals surface area contributed by atoms with Gasteiger partial charge in [0.2, 0.25) is 0 Å². The zero-order valence-corrected chi connectivity index (χ0v) is 15.9. The number of carbonyl (C=O) groups excluding carboxylic acids is 2. The Balaban J connectivity index is 1.35. The Morgan fingerprint density at radius 1 is 0.828 bits per heavy atom. The van der Waals surface area contributed by atoms with Gasteiger partial charge in [-0.15, -0.1) is 0 Å². The van der Waals surface area contributed by atoms with Gasteiger partial charge in [0.15, 0.2) is 0 Å². The van der Waals surface area contributed by atoms with Crippen LogP contribution in [0.5, 0.6) is 5.75 Å². The van der Waals surface area contributed by atoms with Gasteiger partial charge in [-0.1, -0.05) is 36.4 Å². The summed E-state index contributed by atoms with van der Waals surface area (Å²) in [4.78, 5) is 24.7. The summed E-state index contributed by atoms with van der Waals surface area (Å²) >= 11 is 0. The molecular weight excluding hydrogens is 364 g/mol. The average Bonchev–Trinajstić information content (AvgIpc) is 3.58. The molecule has 0 unspecified atom stereocenters. The summed E-state index contributed by atoms with van der Waals surface area (Å²) in [6, 6.07) is 24.2. The third kappa shape index (κ3) is 5.23. The second-order valence-electron chi connectivity index (χ2n) is 7.08. The predicted molar refractivity (Wildman–Crippen MR) is 112 cm³/mol. The predicted octanol–water partition coefficient (Wildman–Crippen LogP) is 4.41. The Kier molecular flexibility index (Phi) is 5.56. The average molecular weight is 386 g/mol. The van der Waals surface area contributed by atoms with E-state index in [1.165, 1.54) is 0 Å². The van der Waals surface area contributed by atoms with Crippen molar-refractivity contribution in [2.45, 2.75) is 25.5 Å². The van der Waals surface area contributed by atoms with E-state index < -0.39 is 0 Å². The van der Waals surface area contributed by atoms with Crippen molar-refractivity contribution in [2.75, 3.05) is 5.32 Å². The Labute approximate surface area is 169 Å². The third-order valence-corrected chi connectivity index (χ3v) is 4.66. The van der Waals surface area contributed by atoms with E-state index in [2.05, 4.69) is 10.6 Å². The van der Waals surface area contributed by atoms with Gasteiger partial charge in [-0.05, 0) is 60.9 Å². The highest BCUT2D eigenvalue weighted by molar-refractivity contribution is 6.06. The van der Waals surface area contributed by atoms with Crippen LogP contribution in [0.1, 0.15) is 39.1 Å². The maximum absolute atomic E-state index is 12.5. The smallest absolute Gasteiger partial charge is 0.255 e. The molecule has 0 radical (unpaired) electrons. The molecule has 1 aliphatic rings. The van der Waals surface area contributed by atoms with Gasteiger partial charge in [-0.3, -0.25) is 9.59 Å². The molecule has 1 fully saturated rings.